The third-order valence-corrected chi connectivity index (χ3v) is 5.37. The summed E-state index contributed by atoms with van der Waals surface area (Å²) in [6.07, 6.45) is 5.62. The highest BCUT2D eigenvalue weighted by Crippen LogP contribution is 2.25. The number of unbranched alkanes of at least 4 members (excludes halogenated alkanes) is 3. The zero-order valence-corrected chi connectivity index (χ0v) is 18.2. The van der Waals surface area contributed by atoms with Crippen molar-refractivity contribution in [1.82, 2.24) is 15.6 Å². The molecule has 0 radical (unpaired) electrons. The van der Waals surface area contributed by atoms with E-state index in [0.29, 0.717) is 18.2 Å². The lowest BCUT2D eigenvalue weighted by Gasteiger charge is -2.27. The zero-order chi connectivity index (χ0) is 20.2. The topological polar surface area (TPSA) is 80.3 Å². The zero-order valence-electron chi connectivity index (χ0n) is 17.3. The summed E-state index contributed by atoms with van der Waals surface area (Å²) in [6.45, 7) is 11.1. The minimum Gasteiger partial charge on any atom is -0.461 e. The number of amides is 1. The van der Waals surface area contributed by atoms with E-state index < -0.39 is 5.97 Å². The van der Waals surface area contributed by atoms with Crippen LogP contribution >= 0.6 is 11.3 Å². The van der Waals surface area contributed by atoms with E-state index in [-0.39, 0.29) is 18.0 Å². The molecule has 0 fully saturated rings. The van der Waals surface area contributed by atoms with Crippen molar-refractivity contribution >= 4 is 23.2 Å². The SMILES string of the molecule is CCCCCCNC(CC(NC(C)=O)c1nc(C(=O)OCC)cs1)C(C)C. The van der Waals surface area contributed by atoms with Gasteiger partial charge in [-0.1, -0.05) is 40.0 Å². The molecule has 7 heteroatoms. The van der Waals surface area contributed by atoms with Crippen LogP contribution in [0.15, 0.2) is 5.38 Å². The van der Waals surface area contributed by atoms with E-state index in [1.54, 1.807) is 12.3 Å². The molecule has 1 amide bonds. The van der Waals surface area contributed by atoms with E-state index in [2.05, 4.69) is 36.4 Å². The first-order valence-electron chi connectivity index (χ1n) is 10.0. The van der Waals surface area contributed by atoms with Crippen LogP contribution in [0.1, 0.15) is 88.3 Å². The van der Waals surface area contributed by atoms with Crippen LogP contribution < -0.4 is 10.6 Å². The lowest BCUT2D eigenvalue weighted by Crippen LogP contribution is -2.39. The molecule has 2 atom stereocenters. The van der Waals surface area contributed by atoms with Crippen molar-refractivity contribution in [2.75, 3.05) is 13.2 Å². The van der Waals surface area contributed by atoms with Crippen molar-refractivity contribution < 1.29 is 14.3 Å². The fourth-order valence-electron chi connectivity index (χ4n) is 2.90. The number of carbonyl (C=O) groups excluding carboxylic acids is 2. The van der Waals surface area contributed by atoms with E-state index >= 15 is 0 Å². The average Bonchev–Trinajstić information content (AvgIpc) is 3.09. The largest absolute Gasteiger partial charge is 0.461 e. The minimum atomic E-state index is -0.420. The van der Waals surface area contributed by atoms with Gasteiger partial charge in [-0.3, -0.25) is 4.79 Å². The third-order valence-electron chi connectivity index (χ3n) is 4.41. The normalized spacial score (nSPS) is 13.4. The molecule has 1 aromatic heterocycles. The predicted octanol–water partition coefficient (Wildman–Crippen LogP) is 4.08. The summed E-state index contributed by atoms with van der Waals surface area (Å²) in [6, 6.07) is 0.0460. The summed E-state index contributed by atoms with van der Waals surface area (Å²) < 4.78 is 5.01. The summed E-state index contributed by atoms with van der Waals surface area (Å²) in [7, 11) is 0. The Kier molecular flexibility index (Phi) is 11.2. The summed E-state index contributed by atoms with van der Waals surface area (Å²) in [5.74, 6) is -0.0914. The second-order valence-electron chi connectivity index (χ2n) is 7.15. The Hall–Kier alpha value is -1.47. The molecule has 2 N–H and O–H groups in total. The monoisotopic (exact) mass is 397 g/mol. The fourth-order valence-corrected chi connectivity index (χ4v) is 3.75. The number of ether oxygens (including phenoxy) is 1. The number of thiazole rings is 1. The lowest BCUT2D eigenvalue weighted by atomic mass is 9.96. The van der Waals surface area contributed by atoms with Gasteiger partial charge in [0.25, 0.3) is 0 Å². The molecule has 0 saturated heterocycles. The highest BCUT2D eigenvalue weighted by molar-refractivity contribution is 7.09. The van der Waals surface area contributed by atoms with Gasteiger partial charge in [-0.15, -0.1) is 11.3 Å². The number of rotatable bonds is 13. The van der Waals surface area contributed by atoms with Crippen LogP contribution in [0.3, 0.4) is 0 Å². The molecule has 0 spiro atoms. The van der Waals surface area contributed by atoms with Crippen LogP contribution in [0.25, 0.3) is 0 Å². The van der Waals surface area contributed by atoms with Crippen LogP contribution in [0, 0.1) is 5.92 Å². The lowest BCUT2D eigenvalue weighted by molar-refractivity contribution is -0.119. The molecule has 1 rings (SSSR count). The van der Waals surface area contributed by atoms with Gasteiger partial charge in [0.2, 0.25) is 5.91 Å². The molecule has 27 heavy (non-hydrogen) atoms. The van der Waals surface area contributed by atoms with Gasteiger partial charge in [0.1, 0.15) is 5.01 Å². The average molecular weight is 398 g/mol. The smallest absolute Gasteiger partial charge is 0.357 e. The van der Waals surface area contributed by atoms with Crippen LogP contribution in [-0.4, -0.2) is 36.1 Å². The summed E-state index contributed by atoms with van der Waals surface area (Å²) >= 11 is 1.39. The van der Waals surface area contributed by atoms with Crippen LogP contribution in [0.4, 0.5) is 0 Å². The van der Waals surface area contributed by atoms with E-state index in [4.69, 9.17) is 4.74 Å². The Labute approximate surface area is 167 Å². The van der Waals surface area contributed by atoms with Crippen molar-refractivity contribution in [2.24, 2.45) is 5.92 Å². The standard InChI is InChI=1S/C20H35N3O3S/c1-6-8-9-10-11-21-16(14(3)4)12-17(22-15(5)24)19-23-18(13-27-19)20(25)26-7-2/h13-14,16-17,21H,6-12H2,1-5H3,(H,22,24). The van der Waals surface area contributed by atoms with Crippen molar-refractivity contribution in [1.29, 1.82) is 0 Å². The first-order valence-corrected chi connectivity index (χ1v) is 10.9. The van der Waals surface area contributed by atoms with Gasteiger partial charge in [-0.2, -0.15) is 0 Å². The van der Waals surface area contributed by atoms with E-state index in [1.807, 2.05) is 0 Å². The molecular formula is C20H35N3O3S. The molecule has 0 aliphatic heterocycles. The Balaban J connectivity index is 2.78. The number of carbonyl (C=O) groups is 2. The predicted molar refractivity (Wildman–Crippen MR) is 110 cm³/mol. The van der Waals surface area contributed by atoms with Gasteiger partial charge in [-0.05, 0) is 32.2 Å². The third kappa shape index (κ3) is 8.84. The molecule has 1 aromatic rings. The van der Waals surface area contributed by atoms with Gasteiger partial charge in [0.05, 0.1) is 12.6 Å². The number of esters is 1. The number of nitrogens with zero attached hydrogens (tertiary/aromatic N) is 1. The van der Waals surface area contributed by atoms with Crippen molar-refractivity contribution in [3.63, 3.8) is 0 Å². The minimum absolute atomic E-state index is 0.0988. The second kappa shape index (κ2) is 12.8. The van der Waals surface area contributed by atoms with Crippen LogP contribution in [0.2, 0.25) is 0 Å². The Morgan fingerprint density at radius 2 is 1.96 bits per heavy atom. The first-order chi connectivity index (χ1) is 12.9. The Morgan fingerprint density at radius 3 is 2.56 bits per heavy atom. The summed E-state index contributed by atoms with van der Waals surface area (Å²) in [4.78, 5) is 28.0. The van der Waals surface area contributed by atoms with Gasteiger partial charge in [-0.25, -0.2) is 9.78 Å². The maximum atomic E-state index is 11.9. The van der Waals surface area contributed by atoms with Crippen molar-refractivity contribution in [3.8, 4) is 0 Å². The second-order valence-corrected chi connectivity index (χ2v) is 8.04. The fraction of sp³-hybridized carbons (Fsp3) is 0.750. The highest BCUT2D eigenvalue weighted by atomic mass is 32.1. The van der Waals surface area contributed by atoms with Gasteiger partial charge < -0.3 is 15.4 Å². The van der Waals surface area contributed by atoms with E-state index in [9.17, 15) is 9.59 Å². The maximum absolute atomic E-state index is 11.9. The van der Waals surface area contributed by atoms with Crippen molar-refractivity contribution in [3.05, 3.63) is 16.1 Å². The number of aromatic nitrogens is 1. The molecule has 154 valence electrons. The van der Waals surface area contributed by atoms with E-state index in [0.717, 1.165) is 24.4 Å². The molecule has 0 aliphatic rings. The molecule has 0 aromatic carbocycles. The summed E-state index contributed by atoms with van der Waals surface area (Å²) in [5.41, 5.74) is 0.306. The highest BCUT2D eigenvalue weighted by Gasteiger charge is 2.24. The molecule has 0 aliphatic carbocycles. The molecular weight excluding hydrogens is 362 g/mol. The summed E-state index contributed by atoms with van der Waals surface area (Å²) in [5, 5.41) is 9.07. The molecule has 0 bridgehead atoms. The molecule has 1 heterocycles. The first kappa shape index (κ1) is 23.6. The molecule has 2 unspecified atom stereocenters. The van der Waals surface area contributed by atoms with Crippen LogP contribution in [-0.2, 0) is 9.53 Å². The van der Waals surface area contributed by atoms with Gasteiger partial charge in [0, 0.05) is 18.3 Å². The number of hydrogen-bond donors (Lipinski definition) is 2. The molecule has 0 saturated carbocycles. The van der Waals surface area contributed by atoms with Crippen molar-refractivity contribution in [2.45, 2.75) is 78.8 Å². The van der Waals surface area contributed by atoms with E-state index in [1.165, 1.54) is 37.5 Å². The number of hydrogen-bond acceptors (Lipinski definition) is 6. The van der Waals surface area contributed by atoms with Crippen LogP contribution in [0.5, 0.6) is 0 Å². The maximum Gasteiger partial charge on any atom is 0.357 e. The Bertz CT molecular complexity index is 575. The molecule has 6 nitrogen and oxygen atoms in total. The van der Waals surface area contributed by atoms with Gasteiger partial charge in [0.15, 0.2) is 5.69 Å². The quantitative estimate of drug-likeness (QED) is 0.387. The van der Waals surface area contributed by atoms with Gasteiger partial charge >= 0.3 is 5.97 Å². The Morgan fingerprint density at radius 1 is 1.22 bits per heavy atom. The number of nitrogens with one attached hydrogen (secondary N) is 2.